The average Bonchev–Trinajstić information content (AvgIpc) is 2.95. The number of anilines is 1. The summed E-state index contributed by atoms with van der Waals surface area (Å²) in [4.78, 5) is 29.9. The highest BCUT2D eigenvalue weighted by Gasteiger charge is 2.35. The second-order valence-corrected chi connectivity index (χ2v) is 13.1. The molecule has 0 spiro atoms. The molecule has 2 aromatic carbocycles. The molecule has 0 saturated heterocycles. The smallest absolute Gasteiger partial charge is 0.317 e. The summed E-state index contributed by atoms with van der Waals surface area (Å²) in [6, 6.07) is 9.86. The number of aliphatic hydroxyl groups excluding tert-OH is 1. The van der Waals surface area contributed by atoms with Crippen LogP contribution in [0.1, 0.15) is 56.3 Å². The number of carbonyl (C=O) groups excluding carboxylic acids is 2. The number of fused-ring (bicyclic) bond motifs is 1. The molecule has 1 fully saturated rings. The van der Waals surface area contributed by atoms with Crippen LogP contribution in [0.4, 0.5) is 10.5 Å². The van der Waals surface area contributed by atoms with Gasteiger partial charge in [-0.2, -0.15) is 0 Å². The molecule has 2 aromatic rings. The zero-order valence-corrected chi connectivity index (χ0v) is 25.2. The van der Waals surface area contributed by atoms with Gasteiger partial charge in [-0.25, -0.2) is 13.2 Å². The fourth-order valence-electron chi connectivity index (χ4n) is 5.24. The molecule has 41 heavy (non-hydrogen) atoms. The number of amides is 3. The Balaban J connectivity index is 1.66. The maximum absolute atomic E-state index is 13.7. The first-order valence-corrected chi connectivity index (χ1v) is 15.9. The van der Waals surface area contributed by atoms with Crippen LogP contribution in [-0.2, 0) is 10.0 Å². The van der Waals surface area contributed by atoms with Crippen molar-refractivity contribution in [2.75, 3.05) is 31.5 Å². The summed E-state index contributed by atoms with van der Waals surface area (Å²) in [5.74, 6) is -0.572. The minimum atomic E-state index is -4.05. The van der Waals surface area contributed by atoms with Gasteiger partial charge in [0.15, 0.2) is 5.75 Å². The van der Waals surface area contributed by atoms with Gasteiger partial charge in [0.1, 0.15) is 6.10 Å². The monoisotopic (exact) mass is 606 g/mol. The van der Waals surface area contributed by atoms with Gasteiger partial charge in [-0.3, -0.25) is 9.52 Å². The Hall–Kier alpha value is -3.02. The van der Waals surface area contributed by atoms with Gasteiger partial charge in [-0.1, -0.05) is 43.9 Å². The number of para-hydroxylation sites is 1. The molecule has 2 aliphatic rings. The molecule has 0 radical (unpaired) electrons. The van der Waals surface area contributed by atoms with Gasteiger partial charge in [0, 0.05) is 30.6 Å². The first kappa shape index (κ1) is 30.9. The average molecular weight is 607 g/mol. The minimum Gasteiger partial charge on any atom is -0.485 e. The summed E-state index contributed by atoms with van der Waals surface area (Å²) < 4.78 is 35.5. The Labute approximate surface area is 247 Å². The third-order valence-corrected chi connectivity index (χ3v) is 9.43. The first-order valence-electron chi connectivity index (χ1n) is 14.0. The van der Waals surface area contributed by atoms with Gasteiger partial charge in [-0.05, 0) is 56.2 Å². The van der Waals surface area contributed by atoms with E-state index in [1.807, 2.05) is 6.92 Å². The van der Waals surface area contributed by atoms with Crippen molar-refractivity contribution in [1.29, 1.82) is 0 Å². The van der Waals surface area contributed by atoms with Crippen LogP contribution in [0.2, 0.25) is 5.02 Å². The van der Waals surface area contributed by atoms with E-state index in [-0.39, 0.29) is 65.5 Å². The molecule has 224 valence electrons. The van der Waals surface area contributed by atoms with Crippen LogP contribution in [0.15, 0.2) is 47.4 Å². The van der Waals surface area contributed by atoms with E-state index < -0.39 is 22.2 Å². The Kier molecular flexibility index (Phi) is 10.0. The number of rotatable bonds is 8. The van der Waals surface area contributed by atoms with Crippen molar-refractivity contribution < 1.29 is 27.9 Å². The third kappa shape index (κ3) is 7.44. The Morgan fingerprint density at radius 1 is 1.17 bits per heavy atom. The van der Waals surface area contributed by atoms with Crippen molar-refractivity contribution in [3.05, 3.63) is 53.1 Å². The van der Waals surface area contributed by atoms with Gasteiger partial charge in [0.2, 0.25) is 0 Å². The van der Waals surface area contributed by atoms with Crippen LogP contribution in [0.3, 0.4) is 0 Å². The van der Waals surface area contributed by atoms with Gasteiger partial charge >= 0.3 is 6.03 Å². The molecule has 3 N–H and O–H groups in total. The molecule has 1 aliphatic carbocycles. The normalized spacial score (nSPS) is 20.7. The molecular weight excluding hydrogens is 568 g/mol. The van der Waals surface area contributed by atoms with Crippen molar-refractivity contribution in [3.63, 3.8) is 0 Å². The molecule has 3 atom stereocenters. The number of hydrogen-bond acceptors (Lipinski definition) is 6. The molecular formula is C29H39ClN4O6S. The van der Waals surface area contributed by atoms with Crippen molar-refractivity contribution >= 4 is 39.2 Å². The summed E-state index contributed by atoms with van der Waals surface area (Å²) in [6.07, 6.45) is 4.69. The Bertz CT molecular complexity index is 1330. The lowest BCUT2D eigenvalue weighted by Gasteiger charge is -2.38. The second-order valence-electron chi connectivity index (χ2n) is 11.0. The zero-order valence-electron chi connectivity index (χ0n) is 23.7. The van der Waals surface area contributed by atoms with E-state index in [1.165, 1.54) is 36.8 Å². The SMILES string of the molecule is C[C@@H]1CN([C@H](C)CO)C(=O)c2cccc(NS(=O)(=O)c3ccc(Cl)cc3)c2O[C@H]1CN(C)C(=O)NC1CCCCC1. The molecule has 0 bridgehead atoms. The van der Waals surface area contributed by atoms with Gasteiger partial charge in [0.05, 0.1) is 35.3 Å². The quantitative estimate of drug-likeness (QED) is 0.410. The highest BCUT2D eigenvalue weighted by atomic mass is 35.5. The predicted octanol–water partition coefficient (Wildman–Crippen LogP) is 4.34. The first-order chi connectivity index (χ1) is 19.5. The standard InChI is InChI=1S/C29H39ClN4O6S/c1-19-16-34(20(2)18-35)28(36)24-10-7-11-25(32-41(38,39)23-14-12-21(30)13-15-23)27(24)40-26(19)17-33(3)29(37)31-22-8-5-4-6-9-22/h7,10-15,19-20,22,26,32,35H,4-6,8-9,16-18H2,1-3H3,(H,31,37)/t19-,20-,26+/m1/s1. The fraction of sp³-hybridized carbons (Fsp3) is 0.517. The number of aliphatic hydroxyl groups is 1. The predicted molar refractivity (Wildman–Crippen MR) is 158 cm³/mol. The summed E-state index contributed by atoms with van der Waals surface area (Å²) in [5.41, 5.74) is 0.253. The Morgan fingerprint density at radius 3 is 2.51 bits per heavy atom. The van der Waals surface area contributed by atoms with E-state index in [4.69, 9.17) is 16.3 Å². The van der Waals surface area contributed by atoms with Gasteiger partial charge < -0.3 is 25.0 Å². The number of carbonyl (C=O) groups is 2. The number of halogens is 1. The van der Waals surface area contributed by atoms with Gasteiger partial charge in [-0.15, -0.1) is 0 Å². The van der Waals surface area contributed by atoms with Crippen LogP contribution in [-0.4, -0.2) is 80.2 Å². The lowest BCUT2D eigenvalue weighted by atomic mass is 9.96. The molecule has 1 saturated carbocycles. The number of nitrogens with zero attached hydrogens (tertiary/aromatic N) is 2. The molecule has 4 rings (SSSR count). The van der Waals surface area contributed by atoms with Crippen molar-refractivity contribution in [3.8, 4) is 5.75 Å². The molecule has 0 aromatic heterocycles. The Morgan fingerprint density at radius 2 is 1.85 bits per heavy atom. The van der Waals surface area contributed by atoms with E-state index in [1.54, 1.807) is 35.9 Å². The molecule has 1 heterocycles. The van der Waals surface area contributed by atoms with Crippen LogP contribution >= 0.6 is 11.6 Å². The van der Waals surface area contributed by atoms with E-state index in [2.05, 4.69) is 10.0 Å². The number of benzene rings is 2. The molecule has 10 nitrogen and oxygen atoms in total. The highest BCUT2D eigenvalue weighted by molar-refractivity contribution is 7.92. The largest absolute Gasteiger partial charge is 0.485 e. The van der Waals surface area contributed by atoms with Crippen LogP contribution in [0, 0.1) is 5.92 Å². The summed E-state index contributed by atoms with van der Waals surface area (Å²) >= 11 is 5.94. The number of sulfonamides is 1. The minimum absolute atomic E-state index is 0.00348. The third-order valence-electron chi connectivity index (χ3n) is 7.79. The zero-order chi connectivity index (χ0) is 29.7. The summed E-state index contributed by atoms with van der Waals surface area (Å²) in [5, 5.41) is 13.4. The number of ether oxygens (including phenoxy) is 1. The van der Waals surface area contributed by atoms with E-state index >= 15 is 0 Å². The lowest BCUT2D eigenvalue weighted by Crippen LogP contribution is -2.52. The number of likely N-dealkylation sites (N-methyl/N-ethyl adjacent to an activating group) is 1. The number of urea groups is 1. The number of hydrogen-bond donors (Lipinski definition) is 3. The van der Waals surface area contributed by atoms with Crippen LogP contribution in [0.5, 0.6) is 5.75 Å². The topological polar surface area (TPSA) is 128 Å². The molecule has 12 heteroatoms. The highest BCUT2D eigenvalue weighted by Crippen LogP contribution is 2.36. The molecule has 1 aliphatic heterocycles. The number of nitrogens with one attached hydrogen (secondary N) is 2. The fourth-order valence-corrected chi connectivity index (χ4v) is 6.43. The molecule has 3 amide bonds. The van der Waals surface area contributed by atoms with Crippen LogP contribution < -0.4 is 14.8 Å². The van der Waals surface area contributed by atoms with E-state index in [9.17, 15) is 23.1 Å². The van der Waals surface area contributed by atoms with Crippen LogP contribution in [0.25, 0.3) is 0 Å². The van der Waals surface area contributed by atoms with Crippen molar-refractivity contribution in [2.45, 2.75) is 69.0 Å². The maximum atomic E-state index is 13.7. The maximum Gasteiger partial charge on any atom is 0.317 e. The van der Waals surface area contributed by atoms with E-state index in [0.29, 0.717) is 5.02 Å². The van der Waals surface area contributed by atoms with Gasteiger partial charge in [0.25, 0.3) is 15.9 Å². The summed E-state index contributed by atoms with van der Waals surface area (Å²) in [6.45, 7) is 3.90. The second kappa shape index (κ2) is 13.3. The summed E-state index contributed by atoms with van der Waals surface area (Å²) in [7, 11) is -2.35. The lowest BCUT2D eigenvalue weighted by molar-refractivity contribution is 0.0368. The van der Waals surface area contributed by atoms with Crippen molar-refractivity contribution in [2.24, 2.45) is 5.92 Å². The molecule has 0 unspecified atom stereocenters. The van der Waals surface area contributed by atoms with Crippen molar-refractivity contribution in [1.82, 2.24) is 15.1 Å². The van der Waals surface area contributed by atoms with E-state index in [0.717, 1.165) is 25.7 Å².